The average Bonchev–Trinajstić information content (AvgIpc) is 2.96. The van der Waals surface area contributed by atoms with Crippen LogP contribution in [0.2, 0.25) is 0 Å². The van der Waals surface area contributed by atoms with Crippen LogP contribution < -0.4 is 0 Å². The molecule has 2 aromatic carbocycles. The van der Waals surface area contributed by atoms with Crippen LogP contribution in [0.5, 0.6) is 0 Å². The Kier molecular flexibility index (Phi) is 4.42. The predicted molar refractivity (Wildman–Crippen MR) is 88.0 cm³/mol. The summed E-state index contributed by atoms with van der Waals surface area (Å²) in [7, 11) is 0. The van der Waals surface area contributed by atoms with E-state index in [9.17, 15) is 10.0 Å². The van der Waals surface area contributed by atoms with Gasteiger partial charge in [0, 0.05) is 11.3 Å². The third-order valence-corrected chi connectivity index (χ3v) is 4.12. The molecule has 0 aliphatic carbocycles. The molecule has 0 saturated carbocycles. The number of hydrogen-bond acceptors (Lipinski definition) is 3. The Balaban J connectivity index is 1.88. The van der Waals surface area contributed by atoms with Crippen LogP contribution in [0.1, 0.15) is 42.9 Å². The molecule has 0 saturated heterocycles. The number of carbonyl (C=O) groups excluding carboxylic acids is 1. The Bertz CT molecular complexity index is 710. The van der Waals surface area contributed by atoms with E-state index in [4.69, 9.17) is 4.84 Å². The third-order valence-electron chi connectivity index (χ3n) is 4.12. The molecule has 0 N–H and O–H groups in total. The lowest BCUT2D eigenvalue weighted by molar-refractivity contribution is -0.743. The fraction of sp³-hybridized carbons (Fsp3) is 0.263. The molecule has 0 unspecified atom stereocenters. The Morgan fingerprint density at radius 2 is 1.78 bits per heavy atom. The summed E-state index contributed by atoms with van der Waals surface area (Å²) in [5.41, 5.74) is 2.55. The summed E-state index contributed by atoms with van der Waals surface area (Å²) < 4.78 is 0. The first-order valence-electron chi connectivity index (χ1n) is 7.74. The van der Waals surface area contributed by atoms with Gasteiger partial charge in [-0.2, -0.15) is 0 Å². The van der Waals surface area contributed by atoms with Gasteiger partial charge >= 0.3 is 0 Å². The van der Waals surface area contributed by atoms with Crippen molar-refractivity contribution in [2.45, 2.75) is 31.8 Å². The van der Waals surface area contributed by atoms with E-state index in [1.807, 2.05) is 60.7 Å². The van der Waals surface area contributed by atoms with Gasteiger partial charge in [-0.15, -0.1) is 0 Å². The van der Waals surface area contributed by atoms with E-state index < -0.39 is 0 Å². The van der Waals surface area contributed by atoms with E-state index in [-0.39, 0.29) is 17.8 Å². The fourth-order valence-electron chi connectivity index (χ4n) is 3.00. The van der Waals surface area contributed by atoms with E-state index in [1.165, 1.54) is 0 Å². The smallest absolute Gasteiger partial charge is 0.231 e. The van der Waals surface area contributed by atoms with Crippen LogP contribution in [0.25, 0.3) is 0 Å². The molecular formula is C19H19NO3. The highest BCUT2D eigenvalue weighted by molar-refractivity contribution is 5.92. The lowest BCUT2D eigenvalue weighted by atomic mass is 9.86. The van der Waals surface area contributed by atoms with Gasteiger partial charge in [-0.3, -0.25) is 10.0 Å². The molecule has 1 heterocycles. The average molecular weight is 309 g/mol. The highest BCUT2D eigenvalue weighted by Gasteiger charge is 2.36. The summed E-state index contributed by atoms with van der Waals surface area (Å²) in [4.78, 5) is 17.8. The minimum absolute atomic E-state index is 0.0583. The summed E-state index contributed by atoms with van der Waals surface area (Å²) >= 11 is 0. The zero-order chi connectivity index (χ0) is 16.2. The first-order chi connectivity index (χ1) is 11.1. The second kappa shape index (κ2) is 6.65. The summed E-state index contributed by atoms with van der Waals surface area (Å²) in [5.74, 6) is -0.178. The number of Topliss-reactive ketones (excluding diaryl/α,β-unsaturated/α-hetero) is 1. The first kappa shape index (κ1) is 15.3. The zero-order valence-electron chi connectivity index (χ0n) is 13.0. The number of benzene rings is 2. The highest BCUT2D eigenvalue weighted by Crippen LogP contribution is 2.33. The van der Waals surface area contributed by atoms with Gasteiger partial charge in [0.2, 0.25) is 5.71 Å². The number of hydrogen-bond donors (Lipinski definition) is 0. The van der Waals surface area contributed by atoms with E-state index in [0.717, 1.165) is 11.1 Å². The van der Waals surface area contributed by atoms with Crippen LogP contribution in [-0.4, -0.2) is 16.4 Å². The number of carbonyl (C=O) groups is 1. The largest absolute Gasteiger partial charge is 0.395 e. The van der Waals surface area contributed by atoms with Gasteiger partial charge in [0.25, 0.3) is 0 Å². The van der Waals surface area contributed by atoms with Crippen molar-refractivity contribution >= 4 is 11.5 Å². The topological polar surface area (TPSA) is 52.4 Å². The van der Waals surface area contributed by atoms with Crippen molar-refractivity contribution in [2.75, 3.05) is 0 Å². The van der Waals surface area contributed by atoms with Crippen LogP contribution in [0, 0.1) is 5.21 Å². The maximum absolute atomic E-state index is 12.3. The molecule has 3 rings (SSSR count). The van der Waals surface area contributed by atoms with E-state index in [0.29, 0.717) is 23.5 Å². The molecule has 2 atom stereocenters. The maximum Gasteiger partial charge on any atom is 0.231 e. The molecular weight excluding hydrogens is 290 g/mol. The predicted octanol–water partition coefficient (Wildman–Crippen LogP) is 3.78. The number of nitrogens with zero attached hydrogens (tertiary/aromatic N) is 1. The van der Waals surface area contributed by atoms with Crippen LogP contribution in [0.4, 0.5) is 0 Å². The van der Waals surface area contributed by atoms with Crippen molar-refractivity contribution in [3.63, 3.8) is 0 Å². The highest BCUT2D eigenvalue weighted by atomic mass is 16.9. The van der Waals surface area contributed by atoms with Gasteiger partial charge in [0.05, 0.1) is 12.3 Å². The molecule has 4 nitrogen and oxygen atoms in total. The summed E-state index contributed by atoms with van der Waals surface area (Å²) in [6.45, 7) is 1.55. The fourth-order valence-corrected chi connectivity index (χ4v) is 3.00. The Morgan fingerprint density at radius 1 is 1.17 bits per heavy atom. The van der Waals surface area contributed by atoms with Crippen LogP contribution in [-0.2, 0) is 9.63 Å². The molecule has 118 valence electrons. The molecule has 0 amide bonds. The molecule has 0 bridgehead atoms. The molecule has 0 aromatic heterocycles. The molecule has 4 heteroatoms. The second-order valence-electron chi connectivity index (χ2n) is 5.83. The van der Waals surface area contributed by atoms with Crippen molar-refractivity contribution in [1.82, 2.24) is 0 Å². The first-order valence-corrected chi connectivity index (χ1v) is 7.74. The summed E-state index contributed by atoms with van der Waals surface area (Å²) in [6, 6.07) is 19.3. The van der Waals surface area contributed by atoms with Crippen LogP contribution >= 0.6 is 0 Å². The van der Waals surface area contributed by atoms with Gasteiger partial charge in [-0.05, 0) is 18.1 Å². The number of ketones is 1. The normalized spacial score (nSPS) is 18.6. The van der Waals surface area contributed by atoms with E-state index in [2.05, 4.69) is 0 Å². The lowest BCUT2D eigenvalue weighted by Gasteiger charge is -2.12. The Labute approximate surface area is 135 Å². The van der Waals surface area contributed by atoms with E-state index in [1.54, 1.807) is 6.92 Å². The molecule has 1 aliphatic rings. The Morgan fingerprint density at radius 3 is 2.39 bits per heavy atom. The van der Waals surface area contributed by atoms with Gasteiger partial charge in [0.15, 0.2) is 0 Å². The van der Waals surface area contributed by atoms with Gasteiger partial charge in [-0.1, -0.05) is 60.7 Å². The summed E-state index contributed by atoms with van der Waals surface area (Å²) in [5, 5.41) is 12.3. The summed E-state index contributed by atoms with van der Waals surface area (Å²) in [6.07, 6.45) is 0.519. The molecule has 23 heavy (non-hydrogen) atoms. The van der Waals surface area contributed by atoms with Crippen molar-refractivity contribution < 1.29 is 14.5 Å². The van der Waals surface area contributed by atoms with Gasteiger partial charge in [0.1, 0.15) is 11.9 Å². The van der Waals surface area contributed by atoms with Crippen molar-refractivity contribution in [2.24, 2.45) is 0 Å². The van der Waals surface area contributed by atoms with Crippen LogP contribution in [0.3, 0.4) is 0 Å². The molecule has 1 aliphatic heterocycles. The Hall–Kier alpha value is -2.62. The maximum atomic E-state index is 12.3. The van der Waals surface area contributed by atoms with Crippen molar-refractivity contribution in [1.29, 1.82) is 0 Å². The van der Waals surface area contributed by atoms with Gasteiger partial charge < -0.3 is 4.84 Å². The molecule has 0 radical (unpaired) electrons. The molecule has 0 fully saturated rings. The SMILES string of the molecule is CC(=O)C[C@@H](C1=[N+]([O-])O[C@H](c2ccccc2)C1)c1ccccc1. The zero-order valence-corrected chi connectivity index (χ0v) is 13.0. The monoisotopic (exact) mass is 309 g/mol. The van der Waals surface area contributed by atoms with Crippen molar-refractivity contribution in [3.8, 4) is 0 Å². The second-order valence-corrected chi connectivity index (χ2v) is 5.83. The van der Waals surface area contributed by atoms with Crippen molar-refractivity contribution in [3.05, 3.63) is 77.0 Å². The number of rotatable bonds is 5. The van der Waals surface area contributed by atoms with Crippen LogP contribution in [0.15, 0.2) is 60.7 Å². The minimum Gasteiger partial charge on any atom is -0.395 e. The molecule has 0 spiro atoms. The standard InChI is InChI=1S/C19H19NO3/c1-14(21)12-17(15-8-4-2-5-9-15)18-13-19(23-20(18)22)16-10-6-3-7-11-16/h2-11,17,19H,12-13H2,1H3/t17-,19+/m1/s1. The third kappa shape index (κ3) is 3.42. The lowest BCUT2D eigenvalue weighted by Crippen LogP contribution is -2.19. The molecule has 2 aromatic rings. The van der Waals surface area contributed by atoms with Gasteiger partial charge in [-0.25, -0.2) is 0 Å². The quantitative estimate of drug-likeness (QED) is 0.790. The minimum atomic E-state index is -0.290. The van der Waals surface area contributed by atoms with E-state index >= 15 is 0 Å².